The largest absolute Gasteiger partial charge is 0.460 e. The molecule has 0 aliphatic carbocycles. The molecule has 24 heavy (non-hydrogen) atoms. The molecule has 1 atom stereocenters. The quantitative estimate of drug-likeness (QED) is 0.517. The van der Waals surface area contributed by atoms with Crippen molar-refractivity contribution in [1.29, 1.82) is 0 Å². The Morgan fingerprint density at radius 1 is 0.792 bits per heavy atom. The third kappa shape index (κ3) is 2.98. The summed E-state index contributed by atoms with van der Waals surface area (Å²) in [5.74, 6) is -19.8. The first-order chi connectivity index (χ1) is 10.6. The smallest absolute Gasteiger partial charge is 0.303 e. The van der Waals surface area contributed by atoms with Gasteiger partial charge in [-0.2, -0.15) is 39.5 Å². The number of hydrogen-bond donors (Lipinski definition) is 0. The van der Waals surface area contributed by atoms with Gasteiger partial charge in [0.1, 0.15) is 6.29 Å². The van der Waals surface area contributed by atoms with E-state index < -0.39 is 42.1 Å². The van der Waals surface area contributed by atoms with Crippen molar-refractivity contribution < 1.29 is 44.3 Å². The molecular formula is C14H11F9O. The highest BCUT2D eigenvalue weighted by molar-refractivity contribution is 5.62. The predicted octanol–water partition coefficient (Wildman–Crippen LogP) is 4.90. The Morgan fingerprint density at radius 3 is 1.62 bits per heavy atom. The van der Waals surface area contributed by atoms with E-state index in [-0.39, 0.29) is 12.5 Å². The van der Waals surface area contributed by atoms with E-state index in [9.17, 15) is 44.3 Å². The molecule has 0 radical (unpaired) electrons. The molecule has 0 bridgehead atoms. The minimum atomic E-state index is -7.02. The van der Waals surface area contributed by atoms with Crippen LogP contribution in [0.2, 0.25) is 0 Å². The fourth-order valence-corrected chi connectivity index (χ4v) is 1.98. The van der Waals surface area contributed by atoms with E-state index in [1.165, 1.54) is 18.2 Å². The second-order valence-corrected chi connectivity index (χ2v) is 5.42. The third-order valence-electron chi connectivity index (χ3n) is 3.54. The molecule has 0 N–H and O–H groups in total. The minimum Gasteiger partial charge on any atom is -0.303 e. The van der Waals surface area contributed by atoms with Crippen LogP contribution in [0.1, 0.15) is 12.5 Å². The predicted molar refractivity (Wildman–Crippen MR) is 65.2 cm³/mol. The van der Waals surface area contributed by atoms with Crippen LogP contribution in [0.5, 0.6) is 0 Å². The highest BCUT2D eigenvalue weighted by Crippen LogP contribution is 2.58. The monoisotopic (exact) mass is 366 g/mol. The van der Waals surface area contributed by atoms with Crippen molar-refractivity contribution in [2.24, 2.45) is 5.41 Å². The first-order valence-corrected chi connectivity index (χ1v) is 6.34. The maximum absolute atomic E-state index is 14.0. The lowest BCUT2D eigenvalue weighted by atomic mass is 9.75. The van der Waals surface area contributed by atoms with Gasteiger partial charge in [-0.15, -0.1) is 0 Å². The SMILES string of the molecule is CC(C=O)(Cc1ccccc1)C(F)(F)C(F)(F)C(F)(F)C(F)(F)F. The molecule has 0 fully saturated rings. The van der Waals surface area contributed by atoms with Gasteiger partial charge in [0.2, 0.25) is 0 Å². The Morgan fingerprint density at radius 2 is 1.25 bits per heavy atom. The fourth-order valence-electron chi connectivity index (χ4n) is 1.98. The first kappa shape index (κ1) is 20.3. The maximum Gasteiger partial charge on any atom is 0.460 e. The normalized spacial score (nSPS) is 16.6. The first-order valence-electron chi connectivity index (χ1n) is 6.34. The zero-order valence-corrected chi connectivity index (χ0v) is 12.0. The molecule has 1 aromatic carbocycles. The van der Waals surface area contributed by atoms with Crippen LogP contribution in [0, 0.1) is 5.41 Å². The topological polar surface area (TPSA) is 17.1 Å². The van der Waals surface area contributed by atoms with E-state index in [1.807, 2.05) is 0 Å². The van der Waals surface area contributed by atoms with Crippen molar-refractivity contribution in [1.82, 2.24) is 0 Å². The van der Waals surface area contributed by atoms with E-state index >= 15 is 0 Å². The van der Waals surface area contributed by atoms with Gasteiger partial charge in [-0.3, -0.25) is 0 Å². The Balaban J connectivity index is 3.39. The van der Waals surface area contributed by atoms with Crippen molar-refractivity contribution in [2.45, 2.75) is 37.3 Å². The zero-order valence-electron chi connectivity index (χ0n) is 12.0. The number of rotatable bonds is 6. The summed E-state index contributed by atoms with van der Waals surface area (Å²) in [7, 11) is 0. The number of carbonyl (C=O) groups excluding carboxylic acids is 1. The van der Waals surface area contributed by atoms with Gasteiger partial charge in [-0.1, -0.05) is 30.3 Å². The number of halogens is 9. The molecule has 1 unspecified atom stereocenters. The van der Waals surface area contributed by atoms with Crippen LogP contribution in [-0.2, 0) is 11.2 Å². The lowest BCUT2D eigenvalue weighted by Gasteiger charge is -2.41. The Hall–Kier alpha value is -1.74. The van der Waals surface area contributed by atoms with Gasteiger partial charge < -0.3 is 4.79 Å². The van der Waals surface area contributed by atoms with E-state index in [4.69, 9.17) is 0 Å². The molecule has 10 heteroatoms. The summed E-state index contributed by atoms with van der Waals surface area (Å²) in [6, 6.07) is 6.28. The van der Waals surface area contributed by atoms with E-state index in [0.29, 0.717) is 0 Å². The Labute approximate surface area is 130 Å². The fraction of sp³-hybridized carbons (Fsp3) is 0.500. The van der Waals surface area contributed by atoms with Gasteiger partial charge in [-0.05, 0) is 18.9 Å². The van der Waals surface area contributed by atoms with Crippen LogP contribution < -0.4 is 0 Å². The van der Waals surface area contributed by atoms with Crippen molar-refractivity contribution >= 4 is 6.29 Å². The minimum absolute atomic E-state index is 0.113. The number of benzene rings is 1. The van der Waals surface area contributed by atoms with Gasteiger partial charge in [0.25, 0.3) is 0 Å². The molecule has 1 aromatic rings. The average molecular weight is 366 g/mol. The molecule has 0 saturated carbocycles. The van der Waals surface area contributed by atoms with Gasteiger partial charge in [-0.25, -0.2) is 0 Å². The van der Waals surface area contributed by atoms with Crippen LogP contribution in [0.4, 0.5) is 39.5 Å². The summed E-state index contributed by atoms with van der Waals surface area (Å²) in [6.07, 6.45) is -8.81. The lowest BCUT2D eigenvalue weighted by molar-refractivity contribution is -0.407. The van der Waals surface area contributed by atoms with E-state index in [0.717, 1.165) is 12.1 Å². The maximum atomic E-state index is 14.0. The Bertz CT molecular complexity index is 580. The molecule has 0 amide bonds. The van der Waals surface area contributed by atoms with Crippen LogP contribution in [-0.4, -0.2) is 30.2 Å². The van der Waals surface area contributed by atoms with Crippen LogP contribution in [0.3, 0.4) is 0 Å². The molecule has 1 rings (SSSR count). The highest BCUT2D eigenvalue weighted by Gasteiger charge is 2.84. The van der Waals surface area contributed by atoms with Crippen LogP contribution in [0.15, 0.2) is 30.3 Å². The van der Waals surface area contributed by atoms with Gasteiger partial charge in [0.05, 0.1) is 5.41 Å². The molecule has 1 nitrogen and oxygen atoms in total. The van der Waals surface area contributed by atoms with Gasteiger partial charge in [0, 0.05) is 0 Å². The number of aldehydes is 1. The summed E-state index contributed by atoms with van der Waals surface area (Å²) < 4.78 is 117. The number of hydrogen-bond acceptors (Lipinski definition) is 1. The molecule has 0 spiro atoms. The van der Waals surface area contributed by atoms with E-state index in [1.54, 1.807) is 0 Å². The summed E-state index contributed by atoms with van der Waals surface area (Å²) >= 11 is 0. The lowest BCUT2D eigenvalue weighted by Crippen LogP contribution is -2.66. The molecule has 0 saturated heterocycles. The highest BCUT2D eigenvalue weighted by atomic mass is 19.4. The van der Waals surface area contributed by atoms with Gasteiger partial charge >= 0.3 is 23.9 Å². The summed E-state index contributed by atoms with van der Waals surface area (Å²) in [6.45, 7) is 0.202. The van der Waals surface area contributed by atoms with E-state index in [2.05, 4.69) is 0 Å². The molecule has 0 aromatic heterocycles. The summed E-state index contributed by atoms with van der Waals surface area (Å²) in [4.78, 5) is 11.0. The standard InChI is InChI=1S/C14H11F9O/c1-10(8-24,7-9-5-3-2-4-6-9)11(15,16)12(17,18)13(19,20)14(21,22)23/h2-6,8H,7H2,1H3. The van der Waals surface area contributed by atoms with Crippen molar-refractivity contribution in [3.8, 4) is 0 Å². The third-order valence-corrected chi connectivity index (χ3v) is 3.54. The average Bonchev–Trinajstić information content (AvgIpc) is 2.46. The van der Waals surface area contributed by atoms with Crippen LogP contribution >= 0.6 is 0 Å². The second-order valence-electron chi connectivity index (χ2n) is 5.42. The van der Waals surface area contributed by atoms with Gasteiger partial charge in [0.15, 0.2) is 0 Å². The molecule has 0 aliphatic heterocycles. The van der Waals surface area contributed by atoms with Crippen LogP contribution in [0.25, 0.3) is 0 Å². The second kappa shape index (κ2) is 5.96. The van der Waals surface area contributed by atoms with Crippen molar-refractivity contribution in [3.63, 3.8) is 0 Å². The molecular weight excluding hydrogens is 355 g/mol. The van der Waals surface area contributed by atoms with Crippen molar-refractivity contribution in [3.05, 3.63) is 35.9 Å². The zero-order chi connectivity index (χ0) is 19.0. The Kier molecular flexibility index (Phi) is 5.04. The molecule has 136 valence electrons. The summed E-state index contributed by atoms with van der Waals surface area (Å²) in [5, 5.41) is 0. The van der Waals surface area contributed by atoms with Crippen molar-refractivity contribution in [2.75, 3.05) is 0 Å². The molecule has 0 aliphatic rings. The summed E-state index contributed by atoms with van der Waals surface area (Å²) in [5.41, 5.74) is -3.61. The number of alkyl halides is 9. The number of carbonyl (C=O) groups is 1. The molecule has 0 heterocycles.